The fraction of sp³-hybridized carbons (Fsp3) is 0.154. The zero-order valence-electron chi connectivity index (χ0n) is 9.09. The Bertz CT molecular complexity index is 688. The maximum absolute atomic E-state index is 11.8. The molecule has 0 unspecified atom stereocenters. The molecule has 0 fully saturated rings. The van der Waals surface area contributed by atoms with Gasteiger partial charge in [-0.2, -0.15) is 4.73 Å². The van der Waals surface area contributed by atoms with Crippen molar-refractivity contribution in [3.05, 3.63) is 47.5 Å². The number of nitrogens with zero attached hydrogens (tertiary/aromatic N) is 1. The minimum atomic E-state index is 0.0368. The number of benzene rings is 1. The van der Waals surface area contributed by atoms with Crippen molar-refractivity contribution < 1.29 is 14.3 Å². The molecular weight excluding hydrogens is 218 g/mol. The smallest absolute Gasteiger partial charge is 0.224 e. The van der Waals surface area contributed by atoms with Crippen LogP contribution in [0.1, 0.15) is 5.76 Å². The topological polar surface area (TPSA) is 60.3 Å². The number of aromatic nitrogens is 1. The Hall–Kier alpha value is -2.07. The third kappa shape index (κ3) is 1.54. The molecule has 17 heavy (non-hydrogen) atoms. The third-order valence-electron chi connectivity index (χ3n) is 2.84. The number of hydrogen-bond acceptors (Lipinski definition) is 3. The van der Waals surface area contributed by atoms with Crippen molar-refractivity contribution >= 4 is 21.9 Å². The van der Waals surface area contributed by atoms with Crippen LogP contribution in [0.4, 0.5) is 0 Å². The monoisotopic (exact) mass is 229 g/mol. The van der Waals surface area contributed by atoms with Gasteiger partial charge in [-0.15, -0.1) is 0 Å². The van der Waals surface area contributed by atoms with Crippen LogP contribution in [0.5, 0.6) is 0 Å². The summed E-state index contributed by atoms with van der Waals surface area (Å²) >= 11 is 0. The van der Waals surface area contributed by atoms with E-state index in [4.69, 9.17) is 9.52 Å². The van der Waals surface area contributed by atoms with E-state index in [9.17, 15) is 5.21 Å². The number of aliphatic hydroxyl groups is 1. The SMILES string of the molecule is [O-][n+]1cc2oc(CCO)cc2c2ccccc21. The first-order valence-electron chi connectivity index (χ1n) is 5.44. The summed E-state index contributed by atoms with van der Waals surface area (Å²) in [5.74, 6) is 0.693. The highest BCUT2D eigenvalue weighted by molar-refractivity contribution is 6.02. The molecule has 2 aromatic heterocycles. The zero-order valence-corrected chi connectivity index (χ0v) is 9.09. The molecule has 0 bridgehead atoms. The van der Waals surface area contributed by atoms with Gasteiger partial charge in [0.05, 0.1) is 12.0 Å². The minimum absolute atomic E-state index is 0.0368. The van der Waals surface area contributed by atoms with Crippen molar-refractivity contribution in [2.24, 2.45) is 0 Å². The van der Waals surface area contributed by atoms with E-state index in [1.807, 2.05) is 24.3 Å². The van der Waals surface area contributed by atoms with Crippen LogP contribution in [-0.4, -0.2) is 11.7 Å². The fourth-order valence-electron chi connectivity index (χ4n) is 2.07. The lowest BCUT2D eigenvalue weighted by Gasteiger charge is -2.00. The molecule has 1 aromatic carbocycles. The lowest BCUT2D eigenvalue weighted by Crippen LogP contribution is -2.25. The second kappa shape index (κ2) is 3.75. The van der Waals surface area contributed by atoms with Crippen LogP contribution >= 0.6 is 0 Å². The highest BCUT2D eigenvalue weighted by atomic mass is 16.5. The number of rotatable bonds is 2. The van der Waals surface area contributed by atoms with Crippen molar-refractivity contribution in [1.82, 2.24) is 0 Å². The highest BCUT2D eigenvalue weighted by Crippen LogP contribution is 2.25. The van der Waals surface area contributed by atoms with Crippen LogP contribution in [0, 0.1) is 5.21 Å². The molecule has 3 rings (SSSR count). The van der Waals surface area contributed by atoms with E-state index in [0.717, 1.165) is 15.5 Å². The van der Waals surface area contributed by atoms with E-state index in [1.54, 1.807) is 6.07 Å². The van der Waals surface area contributed by atoms with E-state index >= 15 is 0 Å². The third-order valence-corrected chi connectivity index (χ3v) is 2.84. The van der Waals surface area contributed by atoms with Crippen LogP contribution in [0.3, 0.4) is 0 Å². The summed E-state index contributed by atoms with van der Waals surface area (Å²) in [7, 11) is 0. The number of aliphatic hydroxyl groups excluding tert-OH is 1. The Kier molecular flexibility index (Phi) is 2.23. The van der Waals surface area contributed by atoms with Gasteiger partial charge in [-0.05, 0) is 12.1 Å². The van der Waals surface area contributed by atoms with Gasteiger partial charge in [0.2, 0.25) is 11.7 Å². The molecule has 4 heteroatoms. The number of pyridine rings is 1. The largest absolute Gasteiger partial charge is 0.618 e. The lowest BCUT2D eigenvalue weighted by atomic mass is 10.1. The molecule has 2 heterocycles. The predicted octanol–water partition coefficient (Wildman–Crippen LogP) is 1.75. The number of hydrogen-bond donors (Lipinski definition) is 1. The Morgan fingerprint density at radius 1 is 1.24 bits per heavy atom. The van der Waals surface area contributed by atoms with Gasteiger partial charge in [0.15, 0.2) is 5.58 Å². The first-order valence-corrected chi connectivity index (χ1v) is 5.44. The molecule has 0 spiro atoms. The van der Waals surface area contributed by atoms with Crippen LogP contribution in [-0.2, 0) is 6.42 Å². The van der Waals surface area contributed by atoms with E-state index < -0.39 is 0 Å². The summed E-state index contributed by atoms with van der Waals surface area (Å²) in [6, 6.07) is 9.27. The Morgan fingerprint density at radius 3 is 2.88 bits per heavy atom. The molecule has 86 valence electrons. The standard InChI is InChI=1S/C13H11NO3/c15-6-5-9-7-11-10-3-1-2-4-12(10)14(16)8-13(11)17-9/h1-4,7-8,15H,5-6H2. The van der Waals surface area contributed by atoms with Gasteiger partial charge in [0.25, 0.3) is 0 Å². The highest BCUT2D eigenvalue weighted by Gasteiger charge is 2.13. The summed E-state index contributed by atoms with van der Waals surface area (Å²) in [6.07, 6.45) is 1.89. The average molecular weight is 229 g/mol. The Morgan fingerprint density at radius 2 is 2.06 bits per heavy atom. The molecule has 0 aliphatic carbocycles. The van der Waals surface area contributed by atoms with Gasteiger partial charge in [-0.3, -0.25) is 0 Å². The number of para-hydroxylation sites is 1. The van der Waals surface area contributed by atoms with E-state index in [0.29, 0.717) is 23.3 Å². The molecule has 0 aliphatic heterocycles. The lowest BCUT2D eigenvalue weighted by molar-refractivity contribution is -0.575. The summed E-state index contributed by atoms with van der Waals surface area (Å²) in [6.45, 7) is 0.0368. The van der Waals surface area contributed by atoms with E-state index in [2.05, 4.69) is 0 Å². The molecule has 1 N–H and O–H groups in total. The van der Waals surface area contributed by atoms with Crippen LogP contribution in [0.2, 0.25) is 0 Å². The van der Waals surface area contributed by atoms with Crippen LogP contribution in [0.15, 0.2) is 40.9 Å². The molecular formula is C13H11NO3. The summed E-state index contributed by atoms with van der Waals surface area (Å²) in [4.78, 5) is 0. The predicted molar refractivity (Wildman–Crippen MR) is 63.5 cm³/mol. The average Bonchev–Trinajstić information content (AvgIpc) is 2.73. The Balaban J connectivity index is 2.38. The summed E-state index contributed by atoms with van der Waals surface area (Å²) in [5, 5.41) is 22.4. The fourth-order valence-corrected chi connectivity index (χ4v) is 2.07. The zero-order chi connectivity index (χ0) is 11.8. The molecule has 4 nitrogen and oxygen atoms in total. The molecule has 3 aromatic rings. The van der Waals surface area contributed by atoms with Crippen molar-refractivity contribution in [3.63, 3.8) is 0 Å². The number of furan rings is 1. The van der Waals surface area contributed by atoms with Gasteiger partial charge in [0, 0.05) is 17.9 Å². The van der Waals surface area contributed by atoms with E-state index in [1.165, 1.54) is 6.20 Å². The van der Waals surface area contributed by atoms with Gasteiger partial charge < -0.3 is 14.7 Å². The molecule has 0 radical (unpaired) electrons. The molecule has 0 saturated heterocycles. The maximum Gasteiger partial charge on any atom is 0.224 e. The molecule has 0 aliphatic rings. The van der Waals surface area contributed by atoms with Crippen molar-refractivity contribution in [3.8, 4) is 0 Å². The van der Waals surface area contributed by atoms with Gasteiger partial charge in [-0.25, -0.2) is 0 Å². The van der Waals surface area contributed by atoms with Gasteiger partial charge >= 0.3 is 0 Å². The van der Waals surface area contributed by atoms with Crippen molar-refractivity contribution in [2.45, 2.75) is 6.42 Å². The number of fused-ring (bicyclic) bond motifs is 3. The molecule has 0 saturated carbocycles. The van der Waals surface area contributed by atoms with Crippen LogP contribution < -0.4 is 4.73 Å². The second-order valence-corrected chi connectivity index (χ2v) is 3.94. The van der Waals surface area contributed by atoms with Gasteiger partial charge in [0.1, 0.15) is 5.76 Å². The summed E-state index contributed by atoms with van der Waals surface area (Å²) < 4.78 is 6.33. The quantitative estimate of drug-likeness (QED) is 0.538. The van der Waals surface area contributed by atoms with Crippen LogP contribution in [0.25, 0.3) is 21.9 Å². The maximum atomic E-state index is 11.8. The minimum Gasteiger partial charge on any atom is -0.618 e. The summed E-state index contributed by atoms with van der Waals surface area (Å²) in [5.41, 5.74) is 1.18. The van der Waals surface area contributed by atoms with Crippen molar-refractivity contribution in [2.75, 3.05) is 6.61 Å². The first kappa shape index (κ1) is 10.1. The van der Waals surface area contributed by atoms with Crippen molar-refractivity contribution in [1.29, 1.82) is 0 Å². The second-order valence-electron chi connectivity index (χ2n) is 3.94. The van der Waals surface area contributed by atoms with E-state index in [-0.39, 0.29) is 6.61 Å². The molecule has 0 atom stereocenters. The first-order chi connectivity index (χ1) is 8.29. The normalized spacial score (nSPS) is 11.4. The molecule has 0 amide bonds. The Labute approximate surface area is 97.3 Å². The van der Waals surface area contributed by atoms with Gasteiger partial charge in [-0.1, -0.05) is 12.1 Å².